The fourth-order valence-electron chi connectivity index (χ4n) is 4.22. The Balaban J connectivity index is 1.75. The Morgan fingerprint density at radius 2 is 1.63 bits per heavy atom. The van der Waals surface area contributed by atoms with Crippen molar-refractivity contribution in [1.82, 2.24) is 9.88 Å². The van der Waals surface area contributed by atoms with Crippen LogP contribution in [0.5, 0.6) is 0 Å². The molecule has 5 nitrogen and oxygen atoms in total. The van der Waals surface area contributed by atoms with Crippen molar-refractivity contribution < 1.29 is 9.90 Å². The Labute approximate surface area is 177 Å². The second-order valence-corrected chi connectivity index (χ2v) is 7.94. The Bertz CT molecular complexity index is 966. The van der Waals surface area contributed by atoms with Gasteiger partial charge in [0.2, 0.25) is 0 Å². The number of rotatable bonds is 5. The van der Waals surface area contributed by atoms with Gasteiger partial charge in [-0.15, -0.1) is 0 Å². The molecule has 4 rings (SSSR count). The van der Waals surface area contributed by atoms with E-state index >= 15 is 0 Å². The van der Waals surface area contributed by atoms with Crippen molar-refractivity contribution in [3.63, 3.8) is 0 Å². The highest BCUT2D eigenvalue weighted by Crippen LogP contribution is 2.39. The highest BCUT2D eigenvalue weighted by molar-refractivity contribution is 5.90. The van der Waals surface area contributed by atoms with Crippen molar-refractivity contribution in [3.8, 4) is 0 Å². The van der Waals surface area contributed by atoms with Gasteiger partial charge in [0.25, 0.3) is 5.91 Å². The molecule has 1 aromatic heterocycles. The molecule has 1 atom stereocenters. The molecule has 1 fully saturated rings. The molecule has 2 heterocycles. The summed E-state index contributed by atoms with van der Waals surface area (Å²) in [7, 11) is 3.90. The standard InChI is InChI=1S/C25H27N3O2/c1-27(2)23-18-19(15-16-26-23)22-14-9-17-28(22)24(29)25(30,20-10-5-3-6-11-20)21-12-7-4-8-13-21/h3-8,10-13,15-16,18,22,30H,9,14,17H2,1-2H3/t22-/m0/s1. The highest BCUT2D eigenvalue weighted by Gasteiger charge is 2.45. The monoisotopic (exact) mass is 401 g/mol. The van der Waals surface area contributed by atoms with E-state index in [1.165, 1.54) is 0 Å². The minimum atomic E-state index is -1.73. The first-order chi connectivity index (χ1) is 14.5. The van der Waals surface area contributed by atoms with Crippen molar-refractivity contribution in [2.75, 3.05) is 25.5 Å². The van der Waals surface area contributed by atoms with Gasteiger partial charge in [-0.1, -0.05) is 60.7 Å². The van der Waals surface area contributed by atoms with Crippen LogP contribution in [0.15, 0.2) is 79.0 Å². The number of aromatic nitrogens is 1. The molecule has 1 aliphatic rings. The summed E-state index contributed by atoms with van der Waals surface area (Å²) >= 11 is 0. The molecular weight excluding hydrogens is 374 g/mol. The van der Waals surface area contributed by atoms with E-state index in [9.17, 15) is 9.90 Å². The van der Waals surface area contributed by atoms with Crippen LogP contribution in [0.2, 0.25) is 0 Å². The van der Waals surface area contributed by atoms with Crippen LogP contribution in [0.4, 0.5) is 5.82 Å². The van der Waals surface area contributed by atoms with Crippen LogP contribution in [-0.2, 0) is 10.4 Å². The zero-order chi connectivity index (χ0) is 21.1. The number of carbonyl (C=O) groups excluding carboxylic acids is 1. The van der Waals surface area contributed by atoms with Crippen molar-refractivity contribution in [1.29, 1.82) is 0 Å². The third kappa shape index (κ3) is 3.57. The summed E-state index contributed by atoms with van der Waals surface area (Å²) in [6.45, 7) is 0.616. The number of hydrogen-bond acceptors (Lipinski definition) is 4. The fraction of sp³-hybridized carbons (Fsp3) is 0.280. The van der Waals surface area contributed by atoms with Crippen LogP contribution in [0.1, 0.15) is 35.6 Å². The van der Waals surface area contributed by atoms with Crippen molar-refractivity contribution in [2.24, 2.45) is 0 Å². The first-order valence-corrected chi connectivity index (χ1v) is 10.3. The average molecular weight is 402 g/mol. The van der Waals surface area contributed by atoms with Crippen molar-refractivity contribution in [2.45, 2.75) is 24.5 Å². The van der Waals surface area contributed by atoms with Crippen LogP contribution >= 0.6 is 0 Å². The summed E-state index contributed by atoms with van der Waals surface area (Å²) in [5.74, 6) is 0.568. The number of aliphatic hydroxyl groups is 1. The maximum atomic E-state index is 13.9. The zero-order valence-corrected chi connectivity index (χ0v) is 17.4. The number of amides is 1. The molecule has 0 unspecified atom stereocenters. The van der Waals surface area contributed by atoms with Gasteiger partial charge in [-0.2, -0.15) is 0 Å². The van der Waals surface area contributed by atoms with Crippen molar-refractivity contribution in [3.05, 3.63) is 95.7 Å². The van der Waals surface area contributed by atoms with E-state index in [4.69, 9.17) is 0 Å². The molecule has 1 aliphatic heterocycles. The minimum Gasteiger partial charge on any atom is -0.372 e. The molecule has 3 aromatic rings. The summed E-state index contributed by atoms with van der Waals surface area (Å²) in [6, 6.07) is 22.3. The maximum Gasteiger partial charge on any atom is 0.264 e. The molecule has 1 N–H and O–H groups in total. The number of hydrogen-bond donors (Lipinski definition) is 1. The largest absolute Gasteiger partial charge is 0.372 e. The number of anilines is 1. The maximum absolute atomic E-state index is 13.9. The predicted octanol–water partition coefficient (Wildman–Crippen LogP) is 3.75. The SMILES string of the molecule is CN(C)c1cc([C@@H]2CCCN2C(=O)C(O)(c2ccccc2)c2ccccc2)ccn1. The van der Waals surface area contributed by atoms with E-state index in [-0.39, 0.29) is 11.9 Å². The third-order valence-electron chi connectivity index (χ3n) is 5.82. The Morgan fingerprint density at radius 3 is 2.20 bits per heavy atom. The smallest absolute Gasteiger partial charge is 0.264 e. The van der Waals surface area contributed by atoms with Gasteiger partial charge >= 0.3 is 0 Å². The molecule has 30 heavy (non-hydrogen) atoms. The second kappa shape index (κ2) is 8.28. The lowest BCUT2D eigenvalue weighted by Crippen LogP contribution is -2.47. The quantitative estimate of drug-likeness (QED) is 0.708. The van der Waals surface area contributed by atoms with Gasteiger partial charge in [-0.3, -0.25) is 4.79 Å². The number of pyridine rings is 1. The van der Waals surface area contributed by atoms with E-state index < -0.39 is 5.60 Å². The molecule has 154 valence electrons. The number of carbonyl (C=O) groups is 1. The van der Waals surface area contributed by atoms with E-state index in [0.29, 0.717) is 17.7 Å². The third-order valence-corrected chi connectivity index (χ3v) is 5.82. The van der Waals surface area contributed by atoms with E-state index in [1.807, 2.05) is 96.7 Å². The molecule has 0 radical (unpaired) electrons. The van der Waals surface area contributed by atoms with Crippen LogP contribution in [0.3, 0.4) is 0 Å². The molecular formula is C25H27N3O2. The lowest BCUT2D eigenvalue weighted by molar-refractivity contribution is -0.149. The Hall–Kier alpha value is -3.18. The average Bonchev–Trinajstić information content (AvgIpc) is 3.29. The van der Waals surface area contributed by atoms with Gasteiger partial charge < -0.3 is 14.9 Å². The van der Waals surface area contributed by atoms with E-state index in [1.54, 1.807) is 6.20 Å². The van der Waals surface area contributed by atoms with Crippen LogP contribution in [-0.4, -0.2) is 41.5 Å². The molecule has 1 saturated heterocycles. The van der Waals surface area contributed by atoms with E-state index in [2.05, 4.69) is 4.98 Å². The Morgan fingerprint density at radius 1 is 1.03 bits per heavy atom. The molecule has 0 aliphatic carbocycles. The summed E-state index contributed by atoms with van der Waals surface area (Å²) in [6.07, 6.45) is 3.55. The number of nitrogens with zero attached hydrogens (tertiary/aromatic N) is 3. The predicted molar refractivity (Wildman–Crippen MR) is 118 cm³/mol. The minimum absolute atomic E-state index is 0.0850. The molecule has 0 spiro atoms. The molecule has 2 aromatic carbocycles. The summed E-state index contributed by atoms with van der Waals surface area (Å²) < 4.78 is 0. The van der Waals surface area contributed by atoms with Gasteiger partial charge in [0, 0.05) is 26.8 Å². The molecule has 1 amide bonds. The normalized spacial score (nSPS) is 16.5. The van der Waals surface area contributed by atoms with Crippen LogP contribution in [0, 0.1) is 0 Å². The number of likely N-dealkylation sites (tertiary alicyclic amines) is 1. The van der Waals surface area contributed by atoms with E-state index in [0.717, 1.165) is 24.2 Å². The Kier molecular flexibility index (Phi) is 5.55. The van der Waals surface area contributed by atoms with Gasteiger partial charge in [-0.05, 0) is 41.7 Å². The summed E-state index contributed by atoms with van der Waals surface area (Å²) in [5.41, 5.74) is 0.469. The van der Waals surface area contributed by atoms with Crippen LogP contribution in [0.25, 0.3) is 0 Å². The van der Waals surface area contributed by atoms with Gasteiger partial charge in [0.05, 0.1) is 6.04 Å². The zero-order valence-electron chi connectivity index (χ0n) is 17.4. The summed E-state index contributed by atoms with van der Waals surface area (Å²) in [5, 5.41) is 11.9. The van der Waals surface area contributed by atoms with Gasteiger partial charge in [0.15, 0.2) is 5.60 Å². The first-order valence-electron chi connectivity index (χ1n) is 10.3. The number of benzene rings is 2. The lowest BCUT2D eigenvalue weighted by Gasteiger charge is -2.35. The topological polar surface area (TPSA) is 56.7 Å². The summed E-state index contributed by atoms with van der Waals surface area (Å²) in [4.78, 5) is 22.1. The second-order valence-electron chi connectivity index (χ2n) is 7.94. The molecule has 0 bridgehead atoms. The van der Waals surface area contributed by atoms with Gasteiger partial charge in [0.1, 0.15) is 5.82 Å². The van der Waals surface area contributed by atoms with Gasteiger partial charge in [-0.25, -0.2) is 4.98 Å². The van der Waals surface area contributed by atoms with Crippen molar-refractivity contribution >= 4 is 11.7 Å². The highest BCUT2D eigenvalue weighted by atomic mass is 16.3. The first kappa shape index (κ1) is 20.1. The molecule has 0 saturated carbocycles. The lowest BCUT2D eigenvalue weighted by atomic mass is 9.84. The van der Waals surface area contributed by atoms with Crippen LogP contribution < -0.4 is 4.90 Å². The molecule has 5 heteroatoms. The fourth-order valence-corrected chi connectivity index (χ4v) is 4.22.